The van der Waals surface area contributed by atoms with Crippen molar-refractivity contribution in [1.82, 2.24) is 4.90 Å². The Balaban J connectivity index is 2.07. The van der Waals surface area contributed by atoms with Gasteiger partial charge in [0.05, 0.1) is 23.9 Å². The van der Waals surface area contributed by atoms with E-state index < -0.39 is 9.84 Å². The molecular weight excluding hydrogens is 264 g/mol. The van der Waals surface area contributed by atoms with Crippen molar-refractivity contribution in [2.45, 2.75) is 11.8 Å². The number of anilines is 1. The number of sulfone groups is 1. The second-order valence-electron chi connectivity index (χ2n) is 4.74. The molecule has 0 bridgehead atoms. The van der Waals surface area contributed by atoms with Gasteiger partial charge in [-0.2, -0.15) is 0 Å². The van der Waals surface area contributed by atoms with Crippen molar-refractivity contribution in [1.29, 1.82) is 0 Å². The van der Waals surface area contributed by atoms with Crippen LogP contribution in [0, 0.1) is 6.92 Å². The Morgan fingerprint density at radius 3 is 2.68 bits per heavy atom. The summed E-state index contributed by atoms with van der Waals surface area (Å²) < 4.78 is 29.9. The Labute approximate surface area is 114 Å². The highest BCUT2D eigenvalue weighted by molar-refractivity contribution is 7.91. The second-order valence-corrected chi connectivity index (χ2v) is 6.82. The molecule has 1 saturated heterocycles. The number of hydrogen-bond donors (Lipinski definition) is 1. The average Bonchev–Trinajstić information content (AvgIpc) is 2.41. The van der Waals surface area contributed by atoms with Crippen LogP contribution in [0.3, 0.4) is 0 Å². The quantitative estimate of drug-likeness (QED) is 0.823. The van der Waals surface area contributed by atoms with Crippen molar-refractivity contribution in [3.63, 3.8) is 0 Å². The van der Waals surface area contributed by atoms with E-state index in [4.69, 9.17) is 10.5 Å². The van der Waals surface area contributed by atoms with Crippen molar-refractivity contribution in [2.75, 3.05) is 44.3 Å². The van der Waals surface area contributed by atoms with Gasteiger partial charge < -0.3 is 10.5 Å². The molecule has 1 fully saturated rings. The van der Waals surface area contributed by atoms with Crippen molar-refractivity contribution < 1.29 is 13.2 Å². The average molecular weight is 284 g/mol. The summed E-state index contributed by atoms with van der Waals surface area (Å²) in [5.41, 5.74) is 6.93. The minimum Gasteiger partial charge on any atom is -0.398 e. The summed E-state index contributed by atoms with van der Waals surface area (Å²) in [5.74, 6) is 0.122. The highest BCUT2D eigenvalue weighted by Gasteiger charge is 2.20. The van der Waals surface area contributed by atoms with Gasteiger partial charge in [0.25, 0.3) is 0 Å². The van der Waals surface area contributed by atoms with E-state index >= 15 is 0 Å². The fourth-order valence-corrected chi connectivity index (χ4v) is 3.74. The number of rotatable bonds is 4. The van der Waals surface area contributed by atoms with Crippen LogP contribution in [0.15, 0.2) is 23.1 Å². The molecule has 0 saturated carbocycles. The maximum absolute atomic E-state index is 12.3. The summed E-state index contributed by atoms with van der Waals surface area (Å²) in [6.07, 6.45) is 0. The van der Waals surface area contributed by atoms with E-state index in [-0.39, 0.29) is 5.75 Å². The van der Waals surface area contributed by atoms with Gasteiger partial charge in [0, 0.05) is 25.3 Å². The third-order valence-electron chi connectivity index (χ3n) is 3.44. The zero-order valence-corrected chi connectivity index (χ0v) is 11.9. The maximum Gasteiger partial charge on any atom is 0.179 e. The first-order valence-corrected chi connectivity index (χ1v) is 8.04. The van der Waals surface area contributed by atoms with Crippen LogP contribution in [-0.4, -0.2) is 51.9 Å². The van der Waals surface area contributed by atoms with Crippen LogP contribution in [0.5, 0.6) is 0 Å². The molecule has 2 rings (SSSR count). The molecular formula is C13H20N2O3S. The largest absolute Gasteiger partial charge is 0.398 e. The Morgan fingerprint density at radius 1 is 1.32 bits per heavy atom. The van der Waals surface area contributed by atoms with Crippen molar-refractivity contribution in [2.24, 2.45) is 0 Å². The van der Waals surface area contributed by atoms with Gasteiger partial charge in [0.1, 0.15) is 0 Å². The van der Waals surface area contributed by atoms with Crippen LogP contribution in [0.2, 0.25) is 0 Å². The van der Waals surface area contributed by atoms with E-state index in [9.17, 15) is 8.42 Å². The zero-order valence-electron chi connectivity index (χ0n) is 11.1. The maximum atomic E-state index is 12.3. The van der Waals surface area contributed by atoms with Gasteiger partial charge >= 0.3 is 0 Å². The van der Waals surface area contributed by atoms with E-state index in [0.717, 1.165) is 13.1 Å². The lowest BCUT2D eigenvalue weighted by Gasteiger charge is -2.26. The van der Waals surface area contributed by atoms with Gasteiger partial charge in [-0.25, -0.2) is 8.42 Å². The number of benzene rings is 1. The minimum atomic E-state index is -3.28. The monoisotopic (exact) mass is 284 g/mol. The fourth-order valence-electron chi connectivity index (χ4n) is 2.15. The SMILES string of the molecule is Cc1c(N)cccc1S(=O)(=O)CCN1CCOCC1. The van der Waals surface area contributed by atoms with Crippen LogP contribution in [0.4, 0.5) is 5.69 Å². The first kappa shape index (κ1) is 14.3. The van der Waals surface area contributed by atoms with Gasteiger partial charge in [0.15, 0.2) is 9.84 Å². The second kappa shape index (κ2) is 5.90. The molecule has 0 amide bonds. The van der Waals surface area contributed by atoms with Crippen molar-refractivity contribution >= 4 is 15.5 Å². The van der Waals surface area contributed by atoms with E-state index in [1.54, 1.807) is 25.1 Å². The van der Waals surface area contributed by atoms with Crippen LogP contribution in [0.1, 0.15) is 5.56 Å². The van der Waals surface area contributed by atoms with Crippen LogP contribution in [0.25, 0.3) is 0 Å². The third-order valence-corrected chi connectivity index (χ3v) is 5.27. The molecule has 19 heavy (non-hydrogen) atoms. The van der Waals surface area contributed by atoms with Gasteiger partial charge in [-0.05, 0) is 24.6 Å². The standard InChI is InChI=1S/C13H20N2O3S/c1-11-12(14)3-2-4-13(11)19(16,17)10-7-15-5-8-18-9-6-15/h2-4H,5-10,14H2,1H3. The number of nitrogens with zero attached hydrogens (tertiary/aromatic N) is 1. The highest BCUT2D eigenvalue weighted by Crippen LogP contribution is 2.21. The van der Waals surface area contributed by atoms with Gasteiger partial charge in [0.2, 0.25) is 0 Å². The fraction of sp³-hybridized carbons (Fsp3) is 0.538. The van der Waals surface area contributed by atoms with Gasteiger partial charge in [-0.1, -0.05) is 6.07 Å². The Morgan fingerprint density at radius 2 is 2.00 bits per heavy atom. The molecule has 106 valence electrons. The van der Waals surface area contributed by atoms with Crippen molar-refractivity contribution in [3.05, 3.63) is 23.8 Å². The van der Waals surface area contributed by atoms with Crippen LogP contribution >= 0.6 is 0 Å². The highest BCUT2D eigenvalue weighted by atomic mass is 32.2. The minimum absolute atomic E-state index is 0.122. The molecule has 5 nitrogen and oxygen atoms in total. The zero-order chi connectivity index (χ0) is 13.9. The summed E-state index contributed by atoms with van der Waals surface area (Å²) in [6, 6.07) is 5.03. The van der Waals surface area contributed by atoms with E-state index in [1.807, 2.05) is 0 Å². The molecule has 1 aromatic carbocycles. The molecule has 1 aliphatic heterocycles. The lowest BCUT2D eigenvalue weighted by atomic mass is 10.2. The molecule has 0 aliphatic carbocycles. The Bertz CT molecular complexity index is 537. The van der Waals surface area contributed by atoms with E-state index in [2.05, 4.69) is 4.90 Å². The number of nitrogens with two attached hydrogens (primary N) is 1. The Hall–Kier alpha value is -1.11. The predicted molar refractivity (Wildman–Crippen MR) is 74.9 cm³/mol. The number of nitrogen functional groups attached to an aromatic ring is 1. The molecule has 0 aromatic heterocycles. The van der Waals surface area contributed by atoms with Gasteiger partial charge in [-0.3, -0.25) is 4.90 Å². The number of morpholine rings is 1. The summed E-state index contributed by atoms with van der Waals surface area (Å²) in [7, 11) is -3.28. The summed E-state index contributed by atoms with van der Waals surface area (Å²) in [5, 5.41) is 0. The molecule has 1 heterocycles. The molecule has 0 atom stereocenters. The summed E-state index contributed by atoms with van der Waals surface area (Å²) in [4.78, 5) is 2.46. The van der Waals surface area contributed by atoms with Crippen molar-refractivity contribution in [3.8, 4) is 0 Å². The smallest absolute Gasteiger partial charge is 0.179 e. The van der Waals surface area contributed by atoms with E-state index in [1.165, 1.54) is 0 Å². The summed E-state index contributed by atoms with van der Waals surface area (Å²) >= 11 is 0. The first-order chi connectivity index (χ1) is 9.00. The predicted octanol–water partition coefficient (Wildman–Crippen LogP) is 0.683. The molecule has 0 spiro atoms. The topological polar surface area (TPSA) is 72.6 Å². The van der Waals surface area contributed by atoms with Crippen LogP contribution < -0.4 is 5.73 Å². The van der Waals surface area contributed by atoms with Crippen LogP contribution in [-0.2, 0) is 14.6 Å². The third kappa shape index (κ3) is 3.46. The Kier molecular flexibility index (Phi) is 4.44. The first-order valence-electron chi connectivity index (χ1n) is 6.38. The van der Waals surface area contributed by atoms with Gasteiger partial charge in [-0.15, -0.1) is 0 Å². The molecule has 1 aliphatic rings. The molecule has 0 unspecified atom stereocenters. The normalized spacial score (nSPS) is 17.5. The molecule has 2 N–H and O–H groups in total. The molecule has 6 heteroatoms. The number of hydrogen-bond acceptors (Lipinski definition) is 5. The number of ether oxygens (including phenoxy) is 1. The lowest BCUT2D eigenvalue weighted by Crippen LogP contribution is -2.39. The molecule has 0 radical (unpaired) electrons. The lowest BCUT2D eigenvalue weighted by molar-refractivity contribution is 0.0408. The molecule has 1 aromatic rings. The summed E-state index contributed by atoms with van der Waals surface area (Å²) in [6.45, 7) is 5.24. The van der Waals surface area contributed by atoms with E-state index in [0.29, 0.717) is 35.9 Å².